The standard InChI is InChI=1S/C10H7Cl2N2O/c1-14-5-4-10(13-14)15-9-3-2-7(11)6-8(9)12/h2-4,6H,1H3. The first-order valence-electron chi connectivity index (χ1n) is 4.20. The van der Waals surface area contributed by atoms with E-state index in [1.165, 1.54) is 4.68 Å². The van der Waals surface area contributed by atoms with Gasteiger partial charge in [0, 0.05) is 18.1 Å². The Labute approximate surface area is 97.2 Å². The number of nitrogens with zero attached hydrogens (tertiary/aromatic N) is 2. The first-order valence-corrected chi connectivity index (χ1v) is 4.95. The van der Waals surface area contributed by atoms with Gasteiger partial charge in [-0.3, -0.25) is 4.68 Å². The van der Waals surface area contributed by atoms with Crippen molar-refractivity contribution in [3.63, 3.8) is 0 Å². The number of aromatic nitrogens is 2. The summed E-state index contributed by atoms with van der Waals surface area (Å²) in [5.41, 5.74) is 0. The molecule has 0 unspecified atom stereocenters. The monoisotopic (exact) mass is 241 g/mol. The van der Waals surface area contributed by atoms with Crippen LogP contribution in [0.15, 0.2) is 24.3 Å². The second-order valence-corrected chi connectivity index (χ2v) is 3.76. The number of hydrogen-bond donors (Lipinski definition) is 0. The van der Waals surface area contributed by atoms with Gasteiger partial charge in [0.25, 0.3) is 0 Å². The van der Waals surface area contributed by atoms with Crippen LogP contribution in [0.3, 0.4) is 0 Å². The molecular weight excluding hydrogens is 235 g/mol. The van der Waals surface area contributed by atoms with Crippen molar-refractivity contribution in [1.29, 1.82) is 0 Å². The third kappa shape index (κ3) is 2.43. The van der Waals surface area contributed by atoms with Crippen molar-refractivity contribution in [2.75, 3.05) is 0 Å². The average Bonchev–Trinajstić information content (AvgIpc) is 2.56. The van der Waals surface area contributed by atoms with Crippen LogP contribution in [-0.2, 0) is 7.05 Å². The molecule has 0 spiro atoms. The van der Waals surface area contributed by atoms with Gasteiger partial charge in [-0.25, -0.2) is 0 Å². The lowest BCUT2D eigenvalue weighted by Crippen LogP contribution is -1.90. The molecule has 0 aliphatic rings. The molecule has 0 N–H and O–H groups in total. The Morgan fingerprint density at radius 3 is 2.80 bits per heavy atom. The average molecular weight is 242 g/mol. The second kappa shape index (κ2) is 4.13. The Bertz CT molecular complexity index is 482. The second-order valence-electron chi connectivity index (χ2n) is 2.91. The van der Waals surface area contributed by atoms with Gasteiger partial charge >= 0.3 is 0 Å². The minimum Gasteiger partial charge on any atom is -0.436 e. The zero-order valence-electron chi connectivity index (χ0n) is 7.87. The molecule has 1 heterocycles. The van der Waals surface area contributed by atoms with Gasteiger partial charge in [0.2, 0.25) is 5.88 Å². The van der Waals surface area contributed by atoms with Crippen LogP contribution in [0.4, 0.5) is 0 Å². The Balaban J connectivity index is 2.24. The molecule has 0 atom stereocenters. The zero-order chi connectivity index (χ0) is 10.8. The van der Waals surface area contributed by atoms with Crippen molar-refractivity contribution >= 4 is 23.2 Å². The predicted molar refractivity (Wildman–Crippen MR) is 58.6 cm³/mol. The van der Waals surface area contributed by atoms with E-state index >= 15 is 0 Å². The van der Waals surface area contributed by atoms with Crippen molar-refractivity contribution < 1.29 is 4.74 Å². The molecule has 3 nitrogen and oxygen atoms in total. The summed E-state index contributed by atoms with van der Waals surface area (Å²) < 4.78 is 6.96. The van der Waals surface area contributed by atoms with Gasteiger partial charge in [0.1, 0.15) is 5.75 Å². The lowest BCUT2D eigenvalue weighted by Gasteiger charge is -2.04. The van der Waals surface area contributed by atoms with E-state index in [2.05, 4.69) is 11.3 Å². The molecule has 0 fully saturated rings. The van der Waals surface area contributed by atoms with Gasteiger partial charge in [-0.05, 0) is 18.2 Å². The summed E-state index contributed by atoms with van der Waals surface area (Å²) >= 11 is 11.7. The molecule has 2 aromatic rings. The van der Waals surface area contributed by atoms with Gasteiger partial charge in [0.05, 0.1) is 11.2 Å². The molecule has 1 aromatic carbocycles. The van der Waals surface area contributed by atoms with Crippen LogP contribution in [0, 0.1) is 6.20 Å². The number of benzene rings is 1. The highest BCUT2D eigenvalue weighted by molar-refractivity contribution is 6.35. The Morgan fingerprint density at radius 1 is 1.40 bits per heavy atom. The van der Waals surface area contributed by atoms with E-state index in [1.807, 2.05) is 0 Å². The fourth-order valence-electron chi connectivity index (χ4n) is 1.07. The van der Waals surface area contributed by atoms with Gasteiger partial charge in [-0.15, -0.1) is 5.10 Å². The highest BCUT2D eigenvalue weighted by atomic mass is 35.5. The number of ether oxygens (including phenoxy) is 1. The van der Waals surface area contributed by atoms with Gasteiger partial charge in [-0.1, -0.05) is 23.2 Å². The van der Waals surface area contributed by atoms with Crippen molar-refractivity contribution in [2.45, 2.75) is 0 Å². The summed E-state index contributed by atoms with van der Waals surface area (Å²) in [7, 11) is 1.76. The maximum absolute atomic E-state index is 5.93. The Hall–Kier alpha value is -1.19. The van der Waals surface area contributed by atoms with Crippen LogP contribution in [-0.4, -0.2) is 9.78 Å². The highest BCUT2D eigenvalue weighted by Crippen LogP contribution is 2.30. The summed E-state index contributed by atoms with van der Waals surface area (Å²) in [5, 5.41) is 5.04. The third-order valence-corrected chi connectivity index (χ3v) is 2.26. The topological polar surface area (TPSA) is 27.1 Å². The Kier molecular flexibility index (Phi) is 2.84. The van der Waals surface area contributed by atoms with Crippen LogP contribution in [0.1, 0.15) is 0 Å². The van der Waals surface area contributed by atoms with E-state index in [0.29, 0.717) is 21.7 Å². The van der Waals surface area contributed by atoms with E-state index in [4.69, 9.17) is 27.9 Å². The Morgan fingerprint density at radius 2 is 2.20 bits per heavy atom. The van der Waals surface area contributed by atoms with Crippen molar-refractivity contribution in [3.8, 4) is 11.6 Å². The summed E-state index contributed by atoms with van der Waals surface area (Å²) in [5.74, 6) is 0.967. The molecule has 2 rings (SSSR count). The minimum atomic E-state index is 0.446. The van der Waals surface area contributed by atoms with Crippen molar-refractivity contribution in [3.05, 3.63) is 40.5 Å². The zero-order valence-corrected chi connectivity index (χ0v) is 9.38. The van der Waals surface area contributed by atoms with Crippen LogP contribution in [0.2, 0.25) is 10.0 Å². The molecule has 0 bridgehead atoms. The van der Waals surface area contributed by atoms with Crippen LogP contribution >= 0.6 is 23.2 Å². The smallest absolute Gasteiger partial charge is 0.238 e. The third-order valence-electron chi connectivity index (χ3n) is 1.73. The molecule has 0 saturated carbocycles. The normalized spacial score (nSPS) is 10.3. The molecule has 77 valence electrons. The number of rotatable bonds is 2. The van der Waals surface area contributed by atoms with E-state index in [-0.39, 0.29) is 0 Å². The van der Waals surface area contributed by atoms with Crippen LogP contribution in [0.25, 0.3) is 0 Å². The SMILES string of the molecule is Cn1[c]cc(Oc2ccc(Cl)cc2Cl)n1. The molecule has 5 heteroatoms. The molecule has 1 radical (unpaired) electrons. The molecule has 0 amide bonds. The number of hydrogen-bond acceptors (Lipinski definition) is 2. The summed E-state index contributed by atoms with van der Waals surface area (Å²) in [6.45, 7) is 0. The summed E-state index contributed by atoms with van der Waals surface area (Å²) in [6.07, 6.45) is 2.83. The first kappa shape index (κ1) is 10.3. The fraction of sp³-hybridized carbons (Fsp3) is 0.100. The molecule has 1 aromatic heterocycles. The fourth-order valence-corrected chi connectivity index (χ4v) is 1.52. The highest BCUT2D eigenvalue weighted by Gasteiger charge is 2.05. The molecular formula is C10H7Cl2N2O. The predicted octanol–water partition coefficient (Wildman–Crippen LogP) is 3.32. The summed E-state index contributed by atoms with van der Waals surface area (Å²) in [6, 6.07) is 6.64. The van der Waals surface area contributed by atoms with Crippen molar-refractivity contribution in [1.82, 2.24) is 9.78 Å². The maximum Gasteiger partial charge on any atom is 0.238 e. The van der Waals surface area contributed by atoms with Gasteiger partial charge < -0.3 is 4.74 Å². The first-order chi connectivity index (χ1) is 7.15. The molecule has 0 aliphatic heterocycles. The van der Waals surface area contributed by atoms with E-state index in [1.54, 1.807) is 31.3 Å². The van der Waals surface area contributed by atoms with Crippen LogP contribution < -0.4 is 4.74 Å². The van der Waals surface area contributed by atoms with Gasteiger partial charge in [0.15, 0.2) is 0 Å². The van der Waals surface area contributed by atoms with Crippen LogP contribution in [0.5, 0.6) is 11.6 Å². The molecule has 0 aliphatic carbocycles. The van der Waals surface area contributed by atoms with E-state index in [0.717, 1.165) is 0 Å². The largest absolute Gasteiger partial charge is 0.436 e. The van der Waals surface area contributed by atoms with Gasteiger partial charge in [-0.2, -0.15) is 0 Å². The maximum atomic E-state index is 5.93. The summed E-state index contributed by atoms with van der Waals surface area (Å²) in [4.78, 5) is 0. The molecule has 0 saturated heterocycles. The van der Waals surface area contributed by atoms with Crippen molar-refractivity contribution in [2.24, 2.45) is 7.05 Å². The number of aryl methyl sites for hydroxylation is 1. The van der Waals surface area contributed by atoms with E-state index in [9.17, 15) is 0 Å². The lowest BCUT2D eigenvalue weighted by molar-refractivity contribution is 0.454. The minimum absolute atomic E-state index is 0.446. The molecule has 15 heavy (non-hydrogen) atoms. The van der Waals surface area contributed by atoms with E-state index < -0.39 is 0 Å². The quantitative estimate of drug-likeness (QED) is 0.807. The lowest BCUT2D eigenvalue weighted by atomic mass is 10.3. The number of halogens is 2.